The van der Waals surface area contributed by atoms with Crippen LogP contribution in [-0.4, -0.2) is 27.7 Å². The topological polar surface area (TPSA) is 49.2 Å². The van der Waals surface area contributed by atoms with Gasteiger partial charge in [-0.05, 0) is 34.3 Å². The average Bonchev–Trinajstić information content (AvgIpc) is 3.31. The summed E-state index contributed by atoms with van der Waals surface area (Å²) >= 11 is 3.34. The highest BCUT2D eigenvalue weighted by molar-refractivity contribution is 9.10. The van der Waals surface area contributed by atoms with Crippen molar-refractivity contribution in [1.29, 1.82) is 0 Å². The molecule has 4 nitrogen and oxygen atoms in total. The van der Waals surface area contributed by atoms with E-state index in [1.165, 1.54) is 0 Å². The van der Waals surface area contributed by atoms with Gasteiger partial charge in [0.05, 0.1) is 17.1 Å². The van der Waals surface area contributed by atoms with Crippen LogP contribution in [-0.2, 0) is 0 Å². The van der Waals surface area contributed by atoms with Crippen molar-refractivity contribution in [3.05, 3.63) is 52.8 Å². The maximum Gasteiger partial charge on any atom is 0.225 e. The Hall–Kier alpha value is -1.46. The number of aliphatic hydroxyl groups excluding tert-OH is 1. The average molecular weight is 334 g/mol. The zero-order valence-electron chi connectivity index (χ0n) is 11.0. The molecule has 1 aromatic carbocycles. The molecule has 20 heavy (non-hydrogen) atoms. The van der Waals surface area contributed by atoms with E-state index in [-0.39, 0.29) is 0 Å². The number of hydrogen-bond donors (Lipinski definition) is 1. The zero-order chi connectivity index (χ0) is 13.9. The molecule has 1 fully saturated rings. The summed E-state index contributed by atoms with van der Waals surface area (Å²) in [5.41, 5.74) is 0.926. The summed E-state index contributed by atoms with van der Waals surface area (Å²) in [6.07, 6.45) is 5.24. The number of rotatable bonds is 5. The lowest BCUT2D eigenvalue weighted by Crippen LogP contribution is -2.32. The van der Waals surface area contributed by atoms with E-state index in [2.05, 4.69) is 30.8 Å². The van der Waals surface area contributed by atoms with Crippen LogP contribution in [0.1, 0.15) is 24.5 Å². The molecule has 5 heteroatoms. The number of nitrogens with zero attached hydrogens (tertiary/aromatic N) is 3. The van der Waals surface area contributed by atoms with E-state index in [1.807, 2.05) is 30.3 Å². The van der Waals surface area contributed by atoms with E-state index in [9.17, 15) is 5.11 Å². The second kappa shape index (κ2) is 5.89. The molecule has 0 saturated heterocycles. The second-order valence-electron chi connectivity index (χ2n) is 5.01. The summed E-state index contributed by atoms with van der Waals surface area (Å²) in [6.45, 7) is 0.524. The van der Waals surface area contributed by atoms with E-state index in [4.69, 9.17) is 0 Å². The molecule has 1 aliphatic rings. The molecule has 1 atom stereocenters. The molecule has 1 aromatic heterocycles. The summed E-state index contributed by atoms with van der Waals surface area (Å²) in [5, 5.41) is 10.4. The molecule has 1 N–H and O–H groups in total. The van der Waals surface area contributed by atoms with Gasteiger partial charge in [-0.3, -0.25) is 0 Å². The van der Waals surface area contributed by atoms with Crippen molar-refractivity contribution in [2.75, 3.05) is 11.4 Å². The van der Waals surface area contributed by atoms with Crippen LogP contribution < -0.4 is 4.90 Å². The molecule has 0 amide bonds. The van der Waals surface area contributed by atoms with Gasteiger partial charge in [0.15, 0.2) is 0 Å². The summed E-state index contributed by atoms with van der Waals surface area (Å²) in [6, 6.07) is 10.2. The molecule has 0 spiro atoms. The third-order valence-corrected chi connectivity index (χ3v) is 3.81. The Kier molecular flexibility index (Phi) is 3.98. The Morgan fingerprint density at radius 2 is 1.85 bits per heavy atom. The van der Waals surface area contributed by atoms with Crippen molar-refractivity contribution in [2.24, 2.45) is 0 Å². The zero-order valence-corrected chi connectivity index (χ0v) is 12.6. The van der Waals surface area contributed by atoms with Crippen LogP contribution in [0, 0.1) is 0 Å². The van der Waals surface area contributed by atoms with E-state index in [1.54, 1.807) is 12.4 Å². The molecule has 0 bridgehead atoms. The van der Waals surface area contributed by atoms with Crippen molar-refractivity contribution in [3.63, 3.8) is 0 Å². The van der Waals surface area contributed by atoms with Gasteiger partial charge in [0, 0.05) is 18.4 Å². The van der Waals surface area contributed by atoms with Crippen molar-refractivity contribution >= 4 is 21.9 Å². The van der Waals surface area contributed by atoms with E-state index in [0.717, 1.165) is 22.9 Å². The third kappa shape index (κ3) is 3.16. The molecule has 0 radical (unpaired) electrons. The van der Waals surface area contributed by atoms with Gasteiger partial charge in [-0.25, -0.2) is 9.97 Å². The molecule has 1 saturated carbocycles. The number of aliphatic hydroxyl groups is 1. The fourth-order valence-electron chi connectivity index (χ4n) is 2.20. The van der Waals surface area contributed by atoms with Crippen LogP contribution in [0.15, 0.2) is 47.2 Å². The van der Waals surface area contributed by atoms with Gasteiger partial charge in [0.1, 0.15) is 0 Å². The first-order valence-corrected chi connectivity index (χ1v) is 7.50. The highest BCUT2D eigenvalue weighted by Crippen LogP contribution is 2.31. The normalized spacial score (nSPS) is 15.9. The highest BCUT2D eigenvalue weighted by atomic mass is 79.9. The molecule has 3 rings (SSSR count). The Morgan fingerprint density at radius 1 is 1.20 bits per heavy atom. The van der Waals surface area contributed by atoms with Crippen LogP contribution in [0.2, 0.25) is 0 Å². The lowest BCUT2D eigenvalue weighted by Gasteiger charge is -2.25. The van der Waals surface area contributed by atoms with Gasteiger partial charge in [0.2, 0.25) is 5.95 Å². The van der Waals surface area contributed by atoms with Gasteiger partial charge >= 0.3 is 0 Å². The minimum absolute atomic E-state index is 0.453. The fourth-order valence-corrected chi connectivity index (χ4v) is 2.41. The molecule has 0 unspecified atom stereocenters. The number of anilines is 1. The van der Waals surface area contributed by atoms with Crippen LogP contribution >= 0.6 is 15.9 Å². The first-order valence-electron chi connectivity index (χ1n) is 6.71. The van der Waals surface area contributed by atoms with Crippen molar-refractivity contribution in [3.8, 4) is 0 Å². The Bertz CT molecular complexity index is 557. The Balaban J connectivity index is 1.76. The molecular formula is C15H16BrN3O. The van der Waals surface area contributed by atoms with Gasteiger partial charge < -0.3 is 10.0 Å². The van der Waals surface area contributed by atoms with Crippen molar-refractivity contribution in [2.45, 2.75) is 25.0 Å². The molecule has 104 valence electrons. The molecule has 0 aliphatic heterocycles. The first-order chi connectivity index (χ1) is 9.74. The minimum atomic E-state index is -0.524. The number of halogens is 1. The van der Waals surface area contributed by atoms with Crippen LogP contribution in [0.5, 0.6) is 0 Å². The van der Waals surface area contributed by atoms with Crippen LogP contribution in [0.25, 0.3) is 0 Å². The molecule has 2 aromatic rings. The SMILES string of the molecule is O[C@H](CN(c1ncc(Br)cn1)C1CC1)c1ccccc1. The third-order valence-electron chi connectivity index (χ3n) is 3.41. The maximum atomic E-state index is 10.4. The smallest absolute Gasteiger partial charge is 0.225 e. The number of benzene rings is 1. The van der Waals surface area contributed by atoms with Gasteiger partial charge in [-0.15, -0.1) is 0 Å². The largest absolute Gasteiger partial charge is 0.387 e. The monoisotopic (exact) mass is 333 g/mol. The van der Waals surface area contributed by atoms with Gasteiger partial charge in [0.25, 0.3) is 0 Å². The number of aromatic nitrogens is 2. The summed E-state index contributed by atoms with van der Waals surface area (Å²) in [5.74, 6) is 0.686. The Morgan fingerprint density at radius 3 is 2.45 bits per heavy atom. The molecule has 1 aliphatic carbocycles. The van der Waals surface area contributed by atoms with E-state index < -0.39 is 6.10 Å². The first kappa shape index (κ1) is 13.5. The van der Waals surface area contributed by atoms with E-state index >= 15 is 0 Å². The molecule has 1 heterocycles. The maximum absolute atomic E-state index is 10.4. The summed E-state index contributed by atoms with van der Waals surface area (Å²) < 4.78 is 0.862. The predicted octanol–water partition coefficient (Wildman–Crippen LogP) is 2.94. The molecular weight excluding hydrogens is 318 g/mol. The lowest BCUT2D eigenvalue weighted by molar-refractivity contribution is 0.182. The summed E-state index contributed by atoms with van der Waals surface area (Å²) in [7, 11) is 0. The van der Waals surface area contributed by atoms with Crippen LogP contribution in [0.4, 0.5) is 5.95 Å². The standard InChI is InChI=1S/C15H16BrN3O/c16-12-8-17-15(18-9-12)19(13-6-7-13)10-14(20)11-4-2-1-3-5-11/h1-5,8-9,13-14,20H,6-7,10H2/t14-/m1/s1. The van der Waals surface area contributed by atoms with Gasteiger partial charge in [-0.2, -0.15) is 0 Å². The van der Waals surface area contributed by atoms with Gasteiger partial charge in [-0.1, -0.05) is 30.3 Å². The quantitative estimate of drug-likeness (QED) is 0.913. The minimum Gasteiger partial charge on any atom is -0.387 e. The summed E-state index contributed by atoms with van der Waals surface area (Å²) in [4.78, 5) is 10.8. The van der Waals surface area contributed by atoms with Crippen molar-refractivity contribution < 1.29 is 5.11 Å². The van der Waals surface area contributed by atoms with E-state index in [0.29, 0.717) is 18.5 Å². The lowest BCUT2D eigenvalue weighted by atomic mass is 10.1. The Labute approximate surface area is 126 Å². The van der Waals surface area contributed by atoms with Crippen molar-refractivity contribution in [1.82, 2.24) is 9.97 Å². The van der Waals surface area contributed by atoms with Crippen LogP contribution in [0.3, 0.4) is 0 Å². The number of hydrogen-bond acceptors (Lipinski definition) is 4. The fraction of sp³-hybridized carbons (Fsp3) is 0.333. The highest BCUT2D eigenvalue weighted by Gasteiger charge is 2.32. The predicted molar refractivity (Wildman–Crippen MR) is 81.5 cm³/mol. The second-order valence-corrected chi connectivity index (χ2v) is 5.93.